The number of fused-ring (bicyclic) bond motifs is 1. The molecule has 0 bridgehead atoms. The van der Waals surface area contributed by atoms with E-state index in [1.54, 1.807) is 0 Å². The molecule has 0 saturated carbocycles. The van der Waals surface area contributed by atoms with Gasteiger partial charge in [-0.15, -0.1) is 0 Å². The molecular formula is C22H22Cl2N2S. The Kier molecular flexibility index (Phi) is 6.14. The Balaban J connectivity index is 1.29. The Morgan fingerprint density at radius 1 is 1.07 bits per heavy atom. The predicted molar refractivity (Wildman–Crippen MR) is 120 cm³/mol. The normalized spacial score (nSPS) is 17.3. The number of thioether (sulfide) groups is 1. The van der Waals surface area contributed by atoms with Crippen LogP contribution in [0.1, 0.15) is 24.0 Å². The number of hydrogen-bond donors (Lipinski definition) is 2. The van der Waals surface area contributed by atoms with Gasteiger partial charge >= 0.3 is 0 Å². The maximum atomic E-state index is 6.18. The molecule has 140 valence electrons. The van der Waals surface area contributed by atoms with Crippen molar-refractivity contribution in [1.82, 2.24) is 10.3 Å². The first-order valence-electron chi connectivity index (χ1n) is 9.21. The summed E-state index contributed by atoms with van der Waals surface area (Å²) in [6.07, 6.45) is 6.66. The minimum absolute atomic E-state index is 0.550. The standard InChI is InChI=1S/C22H22Cl2N2S/c23-20-11-19-17(13-26-22(19)12-21(20)24)14-27-9-7-18-10-16(6-8-25-18)15-4-2-1-3-5-15/h1-6,11-13,18,25-26H,7-10,14H2. The van der Waals surface area contributed by atoms with E-state index in [0.717, 1.165) is 30.0 Å². The zero-order chi connectivity index (χ0) is 18.6. The average molecular weight is 417 g/mol. The van der Waals surface area contributed by atoms with Crippen molar-refractivity contribution in [3.63, 3.8) is 0 Å². The molecule has 0 aliphatic carbocycles. The van der Waals surface area contributed by atoms with Crippen molar-refractivity contribution < 1.29 is 0 Å². The SMILES string of the molecule is Clc1cc2[nH]cc(CSCCC3CC(c4ccccc4)=CCN3)c2cc1Cl. The van der Waals surface area contributed by atoms with Gasteiger partial charge in [0.2, 0.25) is 0 Å². The summed E-state index contributed by atoms with van der Waals surface area (Å²) in [5, 5.41) is 6.00. The number of halogens is 2. The number of rotatable bonds is 6. The lowest BCUT2D eigenvalue weighted by Crippen LogP contribution is -2.33. The third-order valence-electron chi connectivity index (χ3n) is 5.04. The molecule has 1 atom stereocenters. The van der Waals surface area contributed by atoms with Gasteiger partial charge in [0.25, 0.3) is 0 Å². The maximum Gasteiger partial charge on any atom is 0.0613 e. The van der Waals surface area contributed by atoms with Crippen LogP contribution < -0.4 is 5.32 Å². The van der Waals surface area contributed by atoms with Gasteiger partial charge in [-0.1, -0.05) is 59.6 Å². The molecule has 0 amide bonds. The molecule has 2 heterocycles. The molecule has 2 aromatic carbocycles. The lowest BCUT2D eigenvalue weighted by Gasteiger charge is -2.24. The summed E-state index contributed by atoms with van der Waals surface area (Å²) in [4.78, 5) is 3.29. The molecule has 0 saturated heterocycles. The summed E-state index contributed by atoms with van der Waals surface area (Å²) in [7, 11) is 0. The van der Waals surface area contributed by atoms with Gasteiger partial charge in [0.15, 0.2) is 0 Å². The van der Waals surface area contributed by atoms with Gasteiger partial charge in [0.05, 0.1) is 10.0 Å². The molecule has 1 aliphatic heterocycles. The van der Waals surface area contributed by atoms with Gasteiger partial charge in [0, 0.05) is 35.4 Å². The van der Waals surface area contributed by atoms with Crippen molar-refractivity contribution in [2.24, 2.45) is 0 Å². The summed E-state index contributed by atoms with van der Waals surface area (Å²) in [6, 6.07) is 15.1. The molecule has 4 rings (SSSR count). The molecule has 27 heavy (non-hydrogen) atoms. The summed E-state index contributed by atoms with van der Waals surface area (Å²) in [5.74, 6) is 2.11. The molecule has 1 aliphatic rings. The Morgan fingerprint density at radius 2 is 1.89 bits per heavy atom. The smallest absolute Gasteiger partial charge is 0.0613 e. The molecule has 0 spiro atoms. The van der Waals surface area contributed by atoms with Crippen LogP contribution in [0.4, 0.5) is 0 Å². The molecule has 0 fully saturated rings. The first-order valence-corrected chi connectivity index (χ1v) is 11.1. The van der Waals surface area contributed by atoms with Crippen LogP contribution in [-0.4, -0.2) is 23.3 Å². The highest BCUT2D eigenvalue weighted by atomic mass is 35.5. The third-order valence-corrected chi connectivity index (χ3v) is 6.80. The van der Waals surface area contributed by atoms with Crippen LogP contribution in [0, 0.1) is 0 Å². The lowest BCUT2D eigenvalue weighted by molar-refractivity contribution is 0.525. The van der Waals surface area contributed by atoms with E-state index < -0.39 is 0 Å². The van der Waals surface area contributed by atoms with E-state index in [1.165, 1.54) is 28.5 Å². The van der Waals surface area contributed by atoms with Crippen molar-refractivity contribution in [3.8, 4) is 0 Å². The van der Waals surface area contributed by atoms with Gasteiger partial charge in [-0.05, 0) is 47.4 Å². The van der Waals surface area contributed by atoms with Crippen LogP contribution in [0.2, 0.25) is 10.0 Å². The largest absolute Gasteiger partial charge is 0.361 e. The highest BCUT2D eigenvalue weighted by Gasteiger charge is 2.16. The van der Waals surface area contributed by atoms with Gasteiger partial charge < -0.3 is 10.3 Å². The van der Waals surface area contributed by atoms with Gasteiger partial charge in [0.1, 0.15) is 0 Å². The second-order valence-electron chi connectivity index (χ2n) is 6.87. The average Bonchev–Trinajstić information content (AvgIpc) is 3.08. The Hall–Kier alpha value is -1.39. The topological polar surface area (TPSA) is 27.8 Å². The number of hydrogen-bond acceptors (Lipinski definition) is 2. The Labute approximate surface area is 174 Å². The highest BCUT2D eigenvalue weighted by Crippen LogP contribution is 2.31. The van der Waals surface area contributed by atoms with Crippen molar-refractivity contribution in [1.29, 1.82) is 0 Å². The fraction of sp³-hybridized carbons (Fsp3) is 0.273. The molecular weight excluding hydrogens is 395 g/mol. The van der Waals surface area contributed by atoms with Gasteiger partial charge in [-0.3, -0.25) is 0 Å². The van der Waals surface area contributed by atoms with Crippen LogP contribution in [0.15, 0.2) is 54.7 Å². The predicted octanol–water partition coefficient (Wildman–Crippen LogP) is 6.54. The molecule has 1 aromatic heterocycles. The Morgan fingerprint density at radius 3 is 2.74 bits per heavy atom. The van der Waals surface area contributed by atoms with E-state index in [2.05, 4.69) is 52.9 Å². The third kappa shape index (κ3) is 4.55. The Bertz CT molecular complexity index is 950. The molecule has 3 aromatic rings. The van der Waals surface area contributed by atoms with E-state index in [1.807, 2.05) is 23.9 Å². The first-order chi connectivity index (χ1) is 13.2. The highest BCUT2D eigenvalue weighted by molar-refractivity contribution is 7.98. The number of nitrogens with one attached hydrogen (secondary N) is 2. The summed E-state index contributed by atoms with van der Waals surface area (Å²) < 4.78 is 0. The zero-order valence-corrected chi connectivity index (χ0v) is 17.3. The summed E-state index contributed by atoms with van der Waals surface area (Å²) >= 11 is 14.2. The molecule has 2 N–H and O–H groups in total. The van der Waals surface area contributed by atoms with Crippen molar-refractivity contribution in [2.45, 2.75) is 24.6 Å². The molecule has 2 nitrogen and oxygen atoms in total. The van der Waals surface area contributed by atoms with Crippen LogP contribution in [0.25, 0.3) is 16.5 Å². The minimum atomic E-state index is 0.550. The van der Waals surface area contributed by atoms with Crippen molar-refractivity contribution in [3.05, 3.63) is 75.9 Å². The fourth-order valence-electron chi connectivity index (χ4n) is 3.56. The van der Waals surface area contributed by atoms with Crippen LogP contribution in [-0.2, 0) is 5.75 Å². The minimum Gasteiger partial charge on any atom is -0.361 e. The number of H-pyrrole nitrogens is 1. The van der Waals surface area contributed by atoms with Crippen molar-refractivity contribution in [2.75, 3.05) is 12.3 Å². The van der Waals surface area contributed by atoms with Crippen LogP contribution >= 0.6 is 35.0 Å². The summed E-state index contributed by atoms with van der Waals surface area (Å²) in [5.41, 5.74) is 5.15. The monoisotopic (exact) mass is 416 g/mol. The molecule has 1 unspecified atom stereocenters. The zero-order valence-electron chi connectivity index (χ0n) is 15.0. The van der Waals surface area contributed by atoms with E-state index in [9.17, 15) is 0 Å². The quantitative estimate of drug-likeness (QED) is 0.446. The van der Waals surface area contributed by atoms with E-state index in [0.29, 0.717) is 16.1 Å². The van der Waals surface area contributed by atoms with E-state index in [-0.39, 0.29) is 0 Å². The molecule has 5 heteroatoms. The first kappa shape index (κ1) is 18.9. The lowest BCUT2D eigenvalue weighted by atomic mass is 9.94. The van der Waals surface area contributed by atoms with Gasteiger partial charge in [-0.25, -0.2) is 0 Å². The van der Waals surface area contributed by atoms with E-state index in [4.69, 9.17) is 23.2 Å². The van der Waals surface area contributed by atoms with E-state index >= 15 is 0 Å². The summed E-state index contributed by atoms with van der Waals surface area (Å²) in [6.45, 7) is 0.960. The molecule has 0 radical (unpaired) electrons. The van der Waals surface area contributed by atoms with Crippen LogP contribution in [0.5, 0.6) is 0 Å². The second kappa shape index (κ2) is 8.74. The number of benzene rings is 2. The number of aromatic amines is 1. The van der Waals surface area contributed by atoms with Crippen LogP contribution in [0.3, 0.4) is 0 Å². The number of aromatic nitrogens is 1. The van der Waals surface area contributed by atoms with Crippen molar-refractivity contribution >= 4 is 51.4 Å². The fourth-order valence-corrected chi connectivity index (χ4v) is 4.95. The van der Waals surface area contributed by atoms with Gasteiger partial charge in [-0.2, -0.15) is 11.8 Å². The maximum absolute atomic E-state index is 6.18. The second-order valence-corrected chi connectivity index (χ2v) is 8.79.